The standard InChI is InChI=1S/C32H42FN7O9/c1-20(41)39(30(44)47-21(2)46-28(42)19-36-9-11-37(12-10-36)29(43)49-32(3,4)5)16-24-17-40(31(45)48-24)23-7-8-27(25(33)13-23)38-15-22-14-35(6)34-26(22)18-38/h7-8,13-14,21,24H,9-12,15-19H2,1-6H3/t21?,24-/m0/s1. The molecule has 3 aliphatic heterocycles. The Balaban J connectivity index is 1.08. The van der Waals surface area contributed by atoms with E-state index >= 15 is 4.39 Å². The number of benzene rings is 1. The van der Waals surface area contributed by atoms with Gasteiger partial charge in [0.25, 0.3) is 0 Å². The quantitative estimate of drug-likeness (QED) is 0.228. The fraction of sp³-hybridized carbons (Fsp3) is 0.562. The molecule has 1 aromatic carbocycles. The maximum Gasteiger partial charge on any atom is 0.419 e. The zero-order valence-electron chi connectivity index (χ0n) is 28.5. The van der Waals surface area contributed by atoms with E-state index in [2.05, 4.69) is 5.10 Å². The van der Waals surface area contributed by atoms with Gasteiger partial charge in [-0.3, -0.25) is 24.1 Å². The molecular formula is C32H42FN7O9. The molecule has 2 fully saturated rings. The molecule has 2 atom stereocenters. The van der Waals surface area contributed by atoms with Crippen molar-refractivity contribution in [2.75, 3.05) is 55.6 Å². The third-order valence-electron chi connectivity index (χ3n) is 8.08. The van der Waals surface area contributed by atoms with Crippen molar-refractivity contribution in [1.82, 2.24) is 24.5 Å². The molecule has 0 radical (unpaired) electrons. The van der Waals surface area contributed by atoms with Gasteiger partial charge < -0.3 is 28.7 Å². The molecule has 4 amide bonds. The summed E-state index contributed by atoms with van der Waals surface area (Å²) in [5.74, 6) is -1.87. The summed E-state index contributed by atoms with van der Waals surface area (Å²) in [6.07, 6.45) is -2.63. The van der Waals surface area contributed by atoms with Crippen molar-refractivity contribution >= 4 is 41.5 Å². The number of cyclic esters (lactones) is 1. The average Bonchev–Trinajstić information content (AvgIpc) is 3.67. The lowest BCUT2D eigenvalue weighted by molar-refractivity contribution is -0.168. The number of aromatic nitrogens is 2. The largest absolute Gasteiger partial charge is 0.444 e. The number of hydrogen-bond acceptors (Lipinski definition) is 12. The second kappa shape index (κ2) is 14.3. The summed E-state index contributed by atoms with van der Waals surface area (Å²) in [6.45, 7) is 9.90. The third-order valence-corrected chi connectivity index (χ3v) is 8.08. The Morgan fingerprint density at radius 1 is 1.10 bits per heavy atom. The molecule has 0 aliphatic carbocycles. The number of ether oxygens (including phenoxy) is 4. The van der Waals surface area contributed by atoms with Crippen LogP contribution in [0.4, 0.5) is 30.1 Å². The van der Waals surface area contributed by atoms with Crippen LogP contribution in [-0.4, -0.2) is 118 Å². The van der Waals surface area contributed by atoms with Gasteiger partial charge in [-0.05, 0) is 39.0 Å². The molecule has 16 nitrogen and oxygen atoms in total. The van der Waals surface area contributed by atoms with Gasteiger partial charge >= 0.3 is 24.2 Å². The van der Waals surface area contributed by atoms with Crippen LogP contribution in [0.3, 0.4) is 0 Å². The first kappa shape index (κ1) is 35.4. The van der Waals surface area contributed by atoms with Crippen molar-refractivity contribution in [3.63, 3.8) is 0 Å². The number of fused-ring (bicyclic) bond motifs is 1. The summed E-state index contributed by atoms with van der Waals surface area (Å²) >= 11 is 0. The van der Waals surface area contributed by atoms with Crippen LogP contribution < -0.4 is 9.80 Å². The van der Waals surface area contributed by atoms with Crippen molar-refractivity contribution in [2.24, 2.45) is 7.05 Å². The van der Waals surface area contributed by atoms with E-state index in [9.17, 15) is 24.0 Å². The highest BCUT2D eigenvalue weighted by molar-refractivity contribution is 5.92. The monoisotopic (exact) mass is 687 g/mol. The van der Waals surface area contributed by atoms with Crippen molar-refractivity contribution in [1.29, 1.82) is 0 Å². The van der Waals surface area contributed by atoms with E-state index in [1.807, 2.05) is 18.1 Å². The zero-order valence-corrected chi connectivity index (χ0v) is 28.5. The summed E-state index contributed by atoms with van der Waals surface area (Å²) in [7, 11) is 1.83. The molecule has 49 heavy (non-hydrogen) atoms. The molecule has 2 saturated heterocycles. The lowest BCUT2D eigenvalue weighted by Crippen LogP contribution is -2.51. The SMILES string of the molecule is CC(=O)N(C[C@H]1CN(c2ccc(N3Cc4cn(C)nc4C3)c(F)c2)C(=O)O1)C(=O)OC(C)OC(=O)CN1CCN(C(=O)OC(C)(C)C)CC1. The van der Waals surface area contributed by atoms with Crippen LogP contribution in [0.1, 0.15) is 45.9 Å². The second-order valence-electron chi connectivity index (χ2n) is 13.2. The zero-order chi connectivity index (χ0) is 35.6. The number of imide groups is 1. The van der Waals surface area contributed by atoms with Gasteiger partial charge in [-0.2, -0.15) is 5.10 Å². The Labute approximate surface area is 283 Å². The van der Waals surface area contributed by atoms with Crippen LogP contribution in [-0.2, 0) is 48.7 Å². The van der Waals surface area contributed by atoms with Crippen molar-refractivity contribution < 1.29 is 47.3 Å². The highest BCUT2D eigenvalue weighted by atomic mass is 19.1. The van der Waals surface area contributed by atoms with Gasteiger partial charge in [0.2, 0.25) is 12.2 Å². The number of esters is 1. The number of piperazine rings is 1. The van der Waals surface area contributed by atoms with E-state index < -0.39 is 54.0 Å². The van der Waals surface area contributed by atoms with Crippen molar-refractivity contribution in [2.45, 2.75) is 65.7 Å². The Kier molecular flexibility index (Phi) is 10.3. The van der Waals surface area contributed by atoms with Crippen molar-refractivity contribution in [3.05, 3.63) is 41.5 Å². The normalized spacial score (nSPS) is 18.6. The van der Waals surface area contributed by atoms with Crippen LogP contribution in [0.25, 0.3) is 0 Å². The number of rotatable bonds is 8. The first-order chi connectivity index (χ1) is 23.1. The smallest absolute Gasteiger partial charge is 0.419 e. The molecule has 0 bridgehead atoms. The van der Waals surface area contributed by atoms with Crippen molar-refractivity contribution in [3.8, 4) is 0 Å². The molecule has 2 aromatic rings. The van der Waals surface area contributed by atoms with E-state index in [0.717, 1.165) is 23.1 Å². The maximum atomic E-state index is 15.2. The van der Waals surface area contributed by atoms with Gasteiger partial charge in [0.1, 0.15) is 17.5 Å². The van der Waals surface area contributed by atoms with E-state index in [1.54, 1.807) is 47.4 Å². The van der Waals surface area contributed by atoms with E-state index in [-0.39, 0.29) is 25.3 Å². The fourth-order valence-electron chi connectivity index (χ4n) is 5.79. The Hall–Kier alpha value is -4.93. The number of carbonyl (C=O) groups excluding carboxylic acids is 5. The van der Waals surface area contributed by atoms with E-state index in [4.69, 9.17) is 18.9 Å². The Bertz CT molecular complexity index is 1580. The molecule has 0 N–H and O–H groups in total. The number of hydrogen-bond donors (Lipinski definition) is 0. The first-order valence-corrected chi connectivity index (χ1v) is 16.0. The lowest BCUT2D eigenvalue weighted by atomic mass is 10.2. The summed E-state index contributed by atoms with van der Waals surface area (Å²) < 4.78 is 38.2. The minimum absolute atomic E-state index is 0.0554. The van der Waals surface area contributed by atoms with Crippen LogP contribution >= 0.6 is 0 Å². The van der Waals surface area contributed by atoms with Gasteiger partial charge in [-0.1, -0.05) is 0 Å². The second-order valence-corrected chi connectivity index (χ2v) is 13.2. The number of aryl methyl sites for hydroxylation is 1. The van der Waals surface area contributed by atoms with Crippen LogP contribution in [0.2, 0.25) is 0 Å². The molecular weight excluding hydrogens is 645 g/mol. The van der Waals surface area contributed by atoms with Gasteiger partial charge in [0.15, 0.2) is 0 Å². The first-order valence-electron chi connectivity index (χ1n) is 16.0. The minimum atomic E-state index is -1.33. The topological polar surface area (TPSA) is 156 Å². The summed E-state index contributed by atoms with van der Waals surface area (Å²) in [5, 5.41) is 4.39. The molecule has 266 valence electrons. The van der Waals surface area contributed by atoms with Gasteiger partial charge in [0, 0.05) is 65.4 Å². The summed E-state index contributed by atoms with van der Waals surface area (Å²) in [5.41, 5.74) is 1.91. The fourth-order valence-corrected chi connectivity index (χ4v) is 5.79. The van der Waals surface area contributed by atoms with Gasteiger partial charge in [-0.25, -0.2) is 23.7 Å². The molecule has 1 unspecified atom stereocenters. The molecule has 17 heteroatoms. The highest BCUT2D eigenvalue weighted by Gasteiger charge is 2.37. The summed E-state index contributed by atoms with van der Waals surface area (Å²) in [4.78, 5) is 70.0. The summed E-state index contributed by atoms with van der Waals surface area (Å²) in [6, 6.07) is 4.43. The number of nitrogens with zero attached hydrogens (tertiary/aromatic N) is 7. The Morgan fingerprint density at radius 2 is 1.82 bits per heavy atom. The van der Waals surface area contributed by atoms with Crippen LogP contribution in [0.15, 0.2) is 24.4 Å². The third kappa shape index (κ3) is 8.76. The van der Waals surface area contributed by atoms with Crippen LogP contribution in [0, 0.1) is 5.82 Å². The van der Waals surface area contributed by atoms with E-state index in [1.165, 1.54) is 17.9 Å². The van der Waals surface area contributed by atoms with Crippen LogP contribution in [0.5, 0.6) is 0 Å². The molecule has 0 spiro atoms. The molecule has 4 heterocycles. The molecule has 5 rings (SSSR count). The van der Waals surface area contributed by atoms with Gasteiger partial charge in [-0.15, -0.1) is 0 Å². The molecule has 3 aliphatic rings. The minimum Gasteiger partial charge on any atom is -0.444 e. The van der Waals surface area contributed by atoms with E-state index in [0.29, 0.717) is 45.0 Å². The number of carbonyl (C=O) groups is 5. The predicted molar refractivity (Wildman–Crippen MR) is 171 cm³/mol. The number of anilines is 2. The predicted octanol–water partition coefficient (Wildman–Crippen LogP) is 2.83. The lowest BCUT2D eigenvalue weighted by Gasteiger charge is -2.35. The average molecular weight is 688 g/mol. The highest BCUT2D eigenvalue weighted by Crippen LogP contribution is 2.33. The molecule has 1 aromatic heterocycles. The maximum absolute atomic E-state index is 15.2. The Morgan fingerprint density at radius 3 is 2.45 bits per heavy atom. The van der Waals surface area contributed by atoms with Gasteiger partial charge in [0.05, 0.1) is 43.2 Å². The number of amides is 4. The number of halogens is 1. The molecule has 0 saturated carbocycles.